The van der Waals surface area contributed by atoms with E-state index in [1.165, 1.54) is 11.3 Å². The van der Waals surface area contributed by atoms with E-state index in [0.29, 0.717) is 22.2 Å². The van der Waals surface area contributed by atoms with Gasteiger partial charge in [0.25, 0.3) is 5.91 Å². The van der Waals surface area contributed by atoms with E-state index in [4.69, 9.17) is 16.7 Å². The number of amides is 1. The zero-order chi connectivity index (χ0) is 14.5. The molecule has 6 heteroatoms. The molecular formula is C13H18ClNO3S. The molecule has 0 radical (unpaired) electrons. The predicted molar refractivity (Wildman–Crippen MR) is 76.9 cm³/mol. The zero-order valence-corrected chi connectivity index (χ0v) is 12.6. The van der Waals surface area contributed by atoms with E-state index in [1.54, 1.807) is 12.1 Å². The molecule has 2 N–H and O–H groups in total. The first-order valence-corrected chi connectivity index (χ1v) is 7.25. The fraction of sp³-hybridized carbons (Fsp3) is 0.538. The Hall–Kier alpha value is -1.07. The summed E-state index contributed by atoms with van der Waals surface area (Å²) >= 11 is 7.01. The lowest BCUT2D eigenvalue weighted by Crippen LogP contribution is -2.27. The Morgan fingerprint density at radius 1 is 1.37 bits per heavy atom. The van der Waals surface area contributed by atoms with Crippen molar-refractivity contribution >= 4 is 34.8 Å². The van der Waals surface area contributed by atoms with E-state index >= 15 is 0 Å². The Kier molecular flexibility index (Phi) is 5.82. The minimum atomic E-state index is -0.787. The minimum absolute atomic E-state index is 0.0984. The molecule has 0 saturated carbocycles. The van der Waals surface area contributed by atoms with Crippen LogP contribution in [0, 0.1) is 5.41 Å². The predicted octanol–water partition coefficient (Wildman–Crippen LogP) is 3.41. The molecule has 19 heavy (non-hydrogen) atoms. The van der Waals surface area contributed by atoms with Crippen LogP contribution < -0.4 is 5.32 Å². The van der Waals surface area contributed by atoms with Crippen molar-refractivity contribution < 1.29 is 14.7 Å². The first-order chi connectivity index (χ1) is 8.80. The molecule has 0 aliphatic carbocycles. The van der Waals surface area contributed by atoms with Gasteiger partial charge in [0.1, 0.15) is 0 Å². The number of carboxylic acid groups (broad SMARTS) is 1. The Morgan fingerprint density at radius 2 is 2.05 bits per heavy atom. The number of nitrogens with one attached hydrogen (secondary N) is 1. The Bertz CT molecular complexity index is 456. The number of halogens is 1. The van der Waals surface area contributed by atoms with Gasteiger partial charge >= 0.3 is 5.97 Å². The quantitative estimate of drug-likeness (QED) is 0.811. The van der Waals surface area contributed by atoms with Crippen LogP contribution in [-0.4, -0.2) is 23.5 Å². The van der Waals surface area contributed by atoms with E-state index in [0.717, 1.165) is 6.42 Å². The molecule has 1 heterocycles. The summed E-state index contributed by atoms with van der Waals surface area (Å²) < 4.78 is 0.590. The molecule has 0 aliphatic rings. The van der Waals surface area contributed by atoms with Crippen LogP contribution in [0.15, 0.2) is 12.1 Å². The van der Waals surface area contributed by atoms with Gasteiger partial charge in [-0.3, -0.25) is 9.59 Å². The van der Waals surface area contributed by atoms with Crippen LogP contribution >= 0.6 is 22.9 Å². The van der Waals surface area contributed by atoms with E-state index in [2.05, 4.69) is 5.32 Å². The summed E-state index contributed by atoms with van der Waals surface area (Å²) in [5, 5.41) is 11.5. The van der Waals surface area contributed by atoms with E-state index in [1.807, 2.05) is 13.8 Å². The highest BCUT2D eigenvalue weighted by molar-refractivity contribution is 7.17. The second-order valence-electron chi connectivity index (χ2n) is 5.17. The molecule has 1 aromatic heterocycles. The number of carbonyl (C=O) groups is 2. The molecule has 0 aromatic carbocycles. The summed E-state index contributed by atoms with van der Waals surface area (Å²) in [6, 6.07) is 3.38. The fourth-order valence-corrected chi connectivity index (χ4v) is 2.57. The maximum atomic E-state index is 11.8. The lowest BCUT2D eigenvalue weighted by Gasteiger charge is -2.23. The first-order valence-electron chi connectivity index (χ1n) is 6.05. The number of carboxylic acids is 1. The van der Waals surface area contributed by atoms with Crippen molar-refractivity contribution in [2.45, 2.75) is 33.1 Å². The highest BCUT2D eigenvalue weighted by Crippen LogP contribution is 2.26. The van der Waals surface area contributed by atoms with Crippen LogP contribution in [0.4, 0.5) is 0 Å². The van der Waals surface area contributed by atoms with Gasteiger partial charge < -0.3 is 10.4 Å². The Balaban J connectivity index is 2.33. The molecule has 0 spiro atoms. The summed E-state index contributed by atoms with van der Waals surface area (Å²) in [6.07, 6.45) is 1.50. The maximum Gasteiger partial charge on any atom is 0.303 e. The highest BCUT2D eigenvalue weighted by atomic mass is 35.5. The van der Waals surface area contributed by atoms with Crippen LogP contribution in [0.1, 0.15) is 42.8 Å². The third-order valence-corrected chi connectivity index (χ3v) is 4.13. The molecular weight excluding hydrogens is 286 g/mol. The molecule has 1 amide bonds. The summed E-state index contributed by atoms with van der Waals surface area (Å²) in [6.45, 7) is 4.54. The van der Waals surface area contributed by atoms with E-state index < -0.39 is 5.97 Å². The Morgan fingerprint density at radius 3 is 2.58 bits per heavy atom. The number of rotatable bonds is 7. The summed E-state index contributed by atoms with van der Waals surface area (Å²) in [5.41, 5.74) is -0.0984. The molecule has 1 rings (SSSR count). The van der Waals surface area contributed by atoms with Crippen molar-refractivity contribution in [2.24, 2.45) is 5.41 Å². The fourth-order valence-electron chi connectivity index (χ4n) is 1.61. The monoisotopic (exact) mass is 303 g/mol. The lowest BCUT2D eigenvalue weighted by molar-refractivity contribution is -0.137. The average molecular weight is 304 g/mol. The molecule has 1 aromatic rings. The van der Waals surface area contributed by atoms with Gasteiger partial charge in [0, 0.05) is 13.0 Å². The van der Waals surface area contributed by atoms with Crippen molar-refractivity contribution in [1.82, 2.24) is 5.32 Å². The van der Waals surface area contributed by atoms with Gasteiger partial charge in [-0.1, -0.05) is 25.4 Å². The van der Waals surface area contributed by atoms with Crippen molar-refractivity contribution in [3.8, 4) is 0 Å². The molecule has 0 bridgehead atoms. The van der Waals surface area contributed by atoms with E-state index in [-0.39, 0.29) is 17.7 Å². The van der Waals surface area contributed by atoms with Gasteiger partial charge in [-0.15, -0.1) is 11.3 Å². The highest BCUT2D eigenvalue weighted by Gasteiger charge is 2.19. The number of hydrogen-bond acceptors (Lipinski definition) is 3. The minimum Gasteiger partial charge on any atom is -0.481 e. The second kappa shape index (κ2) is 6.91. The first kappa shape index (κ1) is 16.0. The molecule has 106 valence electrons. The normalized spacial score (nSPS) is 11.3. The van der Waals surface area contributed by atoms with Gasteiger partial charge in [0.05, 0.1) is 9.21 Å². The van der Waals surface area contributed by atoms with Gasteiger partial charge in [-0.2, -0.15) is 0 Å². The molecule has 4 nitrogen and oxygen atoms in total. The van der Waals surface area contributed by atoms with Crippen molar-refractivity contribution in [2.75, 3.05) is 6.54 Å². The standard InChI is InChI=1S/C13H18ClNO3S/c1-13(2,6-5-11(16)17)7-8-15-12(18)9-3-4-10(14)19-9/h3-4H,5-8H2,1-2H3,(H,15,18)(H,16,17). The number of thiophene rings is 1. The number of aliphatic carboxylic acids is 1. The summed E-state index contributed by atoms with van der Waals surface area (Å²) in [4.78, 5) is 22.9. The number of carbonyl (C=O) groups excluding carboxylic acids is 1. The second-order valence-corrected chi connectivity index (χ2v) is 6.88. The van der Waals surface area contributed by atoms with Crippen LogP contribution in [0.5, 0.6) is 0 Å². The van der Waals surface area contributed by atoms with Crippen LogP contribution in [0.2, 0.25) is 4.34 Å². The van der Waals surface area contributed by atoms with Gasteiger partial charge in [0.2, 0.25) is 0 Å². The largest absolute Gasteiger partial charge is 0.481 e. The topological polar surface area (TPSA) is 66.4 Å². The molecule has 0 atom stereocenters. The third kappa shape index (κ3) is 6.07. The summed E-state index contributed by atoms with van der Waals surface area (Å²) in [5.74, 6) is -0.920. The SMILES string of the molecule is CC(C)(CCNC(=O)c1ccc(Cl)s1)CCC(=O)O. The Labute approximate surface area is 121 Å². The van der Waals surface area contributed by atoms with Gasteiger partial charge in [0.15, 0.2) is 0 Å². The van der Waals surface area contributed by atoms with Crippen LogP contribution in [0.3, 0.4) is 0 Å². The maximum absolute atomic E-state index is 11.8. The zero-order valence-electron chi connectivity index (χ0n) is 11.0. The molecule has 0 unspecified atom stereocenters. The van der Waals surface area contributed by atoms with E-state index in [9.17, 15) is 9.59 Å². The van der Waals surface area contributed by atoms with Gasteiger partial charge in [-0.05, 0) is 30.4 Å². The molecule has 0 saturated heterocycles. The van der Waals surface area contributed by atoms with Crippen molar-refractivity contribution in [3.63, 3.8) is 0 Å². The summed E-state index contributed by atoms with van der Waals surface area (Å²) in [7, 11) is 0. The lowest BCUT2D eigenvalue weighted by atomic mass is 9.84. The van der Waals surface area contributed by atoms with Crippen LogP contribution in [0.25, 0.3) is 0 Å². The smallest absolute Gasteiger partial charge is 0.303 e. The molecule has 0 fully saturated rings. The number of hydrogen-bond donors (Lipinski definition) is 2. The van der Waals surface area contributed by atoms with Crippen LogP contribution in [-0.2, 0) is 4.79 Å². The average Bonchev–Trinajstić information content (AvgIpc) is 2.73. The van der Waals surface area contributed by atoms with Crippen molar-refractivity contribution in [1.29, 1.82) is 0 Å². The van der Waals surface area contributed by atoms with Crippen molar-refractivity contribution in [3.05, 3.63) is 21.3 Å². The van der Waals surface area contributed by atoms with Gasteiger partial charge in [-0.25, -0.2) is 0 Å². The third-order valence-electron chi connectivity index (χ3n) is 2.90. The molecule has 0 aliphatic heterocycles.